The van der Waals surface area contributed by atoms with Crippen LogP contribution in [0.4, 0.5) is 0 Å². The summed E-state index contributed by atoms with van der Waals surface area (Å²) < 4.78 is 10.5. The predicted octanol–water partition coefficient (Wildman–Crippen LogP) is 4.49. The number of methoxy groups -OCH3 is 1. The van der Waals surface area contributed by atoms with Crippen LogP contribution in [0.5, 0.6) is 0 Å². The molecule has 0 amide bonds. The number of halogens is 1. The van der Waals surface area contributed by atoms with Crippen molar-refractivity contribution in [2.24, 2.45) is 0 Å². The average Bonchev–Trinajstić information content (AvgIpc) is 3.18. The fourth-order valence-corrected chi connectivity index (χ4v) is 2.32. The molecule has 1 aromatic carbocycles. The molecule has 98 valence electrons. The van der Waals surface area contributed by atoms with Crippen molar-refractivity contribution in [2.75, 3.05) is 7.11 Å². The van der Waals surface area contributed by atoms with E-state index in [0.29, 0.717) is 10.9 Å². The molecule has 1 fully saturated rings. The lowest BCUT2D eigenvalue weighted by Gasteiger charge is -2.01. The summed E-state index contributed by atoms with van der Waals surface area (Å²) in [7, 11) is 1.62. The van der Waals surface area contributed by atoms with Crippen LogP contribution in [0.15, 0.2) is 35.1 Å². The van der Waals surface area contributed by atoms with E-state index in [0.717, 1.165) is 35.4 Å². The molecule has 0 aliphatic heterocycles. The summed E-state index contributed by atoms with van der Waals surface area (Å²) in [6.07, 6.45) is 5.84. The van der Waals surface area contributed by atoms with E-state index in [1.807, 2.05) is 30.3 Å². The minimum Gasteiger partial charge on any atom is -0.504 e. The van der Waals surface area contributed by atoms with Crippen LogP contribution >= 0.6 is 11.6 Å². The molecule has 2 aromatic rings. The molecule has 0 saturated heterocycles. The van der Waals surface area contributed by atoms with Crippen LogP contribution in [0.3, 0.4) is 0 Å². The largest absolute Gasteiger partial charge is 0.504 e. The zero-order chi connectivity index (χ0) is 13.2. The number of benzene rings is 1. The number of hydrogen-bond donors (Lipinski definition) is 0. The maximum absolute atomic E-state index is 6.23. The van der Waals surface area contributed by atoms with E-state index in [2.05, 4.69) is 5.16 Å². The highest BCUT2D eigenvalue weighted by molar-refractivity contribution is 6.33. The summed E-state index contributed by atoms with van der Waals surface area (Å²) in [6, 6.07) is 7.64. The van der Waals surface area contributed by atoms with E-state index in [1.54, 1.807) is 13.4 Å². The second-order valence-electron chi connectivity index (χ2n) is 4.60. The zero-order valence-corrected chi connectivity index (χ0v) is 11.4. The Hall–Kier alpha value is -1.74. The molecule has 1 aliphatic carbocycles. The van der Waals surface area contributed by atoms with Gasteiger partial charge in [-0.3, -0.25) is 0 Å². The van der Waals surface area contributed by atoms with Gasteiger partial charge in [0.25, 0.3) is 0 Å². The Kier molecular flexibility index (Phi) is 3.30. The Balaban J connectivity index is 2.10. The quantitative estimate of drug-likeness (QED) is 0.771. The zero-order valence-electron chi connectivity index (χ0n) is 10.6. The van der Waals surface area contributed by atoms with E-state index >= 15 is 0 Å². The van der Waals surface area contributed by atoms with Crippen molar-refractivity contribution in [1.82, 2.24) is 5.16 Å². The highest BCUT2D eigenvalue weighted by Gasteiger charge is 2.32. The molecule has 1 saturated carbocycles. The van der Waals surface area contributed by atoms with Gasteiger partial charge in [-0.05, 0) is 25.0 Å². The van der Waals surface area contributed by atoms with Crippen molar-refractivity contribution in [3.8, 4) is 11.3 Å². The van der Waals surface area contributed by atoms with Crippen LogP contribution in [0.1, 0.15) is 30.1 Å². The molecule has 3 nitrogen and oxygen atoms in total. The summed E-state index contributed by atoms with van der Waals surface area (Å²) in [6.45, 7) is 0. The molecule has 0 spiro atoms. The first-order valence-corrected chi connectivity index (χ1v) is 6.63. The lowest BCUT2D eigenvalue weighted by molar-refractivity contribution is 0.341. The first-order valence-electron chi connectivity index (χ1n) is 6.25. The van der Waals surface area contributed by atoms with Gasteiger partial charge < -0.3 is 9.26 Å². The van der Waals surface area contributed by atoms with Crippen LogP contribution in [0.25, 0.3) is 17.3 Å². The molecule has 3 rings (SSSR count). The smallest absolute Gasteiger partial charge is 0.147 e. The molecule has 1 aromatic heterocycles. The molecule has 4 heteroatoms. The van der Waals surface area contributed by atoms with Crippen LogP contribution in [-0.4, -0.2) is 12.3 Å². The van der Waals surface area contributed by atoms with E-state index in [1.165, 1.54) is 0 Å². The third kappa shape index (κ3) is 2.38. The van der Waals surface area contributed by atoms with Crippen LogP contribution in [0.2, 0.25) is 5.02 Å². The predicted molar refractivity (Wildman–Crippen MR) is 75.0 cm³/mol. The number of rotatable bonds is 4. The fraction of sp³-hybridized carbons (Fsp3) is 0.267. The van der Waals surface area contributed by atoms with E-state index in [4.69, 9.17) is 20.9 Å². The number of nitrogens with zero attached hydrogens (tertiary/aromatic N) is 1. The first-order chi connectivity index (χ1) is 9.31. The van der Waals surface area contributed by atoms with Gasteiger partial charge in [-0.1, -0.05) is 35.0 Å². The Morgan fingerprint density at radius 1 is 1.37 bits per heavy atom. The highest BCUT2D eigenvalue weighted by atomic mass is 35.5. The van der Waals surface area contributed by atoms with E-state index in [9.17, 15) is 0 Å². The van der Waals surface area contributed by atoms with Crippen LogP contribution in [0, 0.1) is 0 Å². The SMILES string of the molecule is CO/C=C/c1c(-c2ccccc2Cl)noc1C1CC1. The van der Waals surface area contributed by atoms with Crippen molar-refractivity contribution in [3.63, 3.8) is 0 Å². The van der Waals surface area contributed by atoms with Crippen LogP contribution < -0.4 is 0 Å². The minimum atomic E-state index is 0.486. The van der Waals surface area contributed by atoms with E-state index < -0.39 is 0 Å². The number of hydrogen-bond acceptors (Lipinski definition) is 3. The van der Waals surface area contributed by atoms with Crippen molar-refractivity contribution in [3.05, 3.63) is 46.9 Å². The van der Waals surface area contributed by atoms with E-state index in [-0.39, 0.29) is 0 Å². The van der Waals surface area contributed by atoms with Gasteiger partial charge in [-0.25, -0.2) is 0 Å². The second kappa shape index (κ2) is 5.10. The first kappa shape index (κ1) is 12.3. The Morgan fingerprint density at radius 3 is 2.84 bits per heavy atom. The van der Waals surface area contributed by atoms with Gasteiger partial charge in [-0.2, -0.15) is 0 Å². The maximum Gasteiger partial charge on any atom is 0.147 e. The molecule has 0 radical (unpaired) electrons. The Morgan fingerprint density at radius 2 is 2.16 bits per heavy atom. The number of aromatic nitrogens is 1. The van der Waals surface area contributed by atoms with Crippen molar-refractivity contribution in [2.45, 2.75) is 18.8 Å². The van der Waals surface area contributed by atoms with Gasteiger partial charge >= 0.3 is 0 Å². The van der Waals surface area contributed by atoms with Gasteiger partial charge in [0.05, 0.1) is 18.4 Å². The third-order valence-electron chi connectivity index (χ3n) is 3.20. The van der Waals surface area contributed by atoms with Crippen LogP contribution in [-0.2, 0) is 4.74 Å². The summed E-state index contributed by atoms with van der Waals surface area (Å²) in [5.41, 5.74) is 2.63. The van der Waals surface area contributed by atoms with Gasteiger partial charge in [0.1, 0.15) is 11.5 Å². The van der Waals surface area contributed by atoms with Crippen molar-refractivity contribution < 1.29 is 9.26 Å². The molecular formula is C15H14ClNO2. The molecule has 1 heterocycles. The third-order valence-corrected chi connectivity index (χ3v) is 3.53. The van der Waals surface area contributed by atoms with Gasteiger partial charge in [-0.15, -0.1) is 0 Å². The van der Waals surface area contributed by atoms with Gasteiger partial charge in [0.15, 0.2) is 0 Å². The lowest BCUT2D eigenvalue weighted by atomic mass is 10.0. The average molecular weight is 276 g/mol. The molecular weight excluding hydrogens is 262 g/mol. The molecule has 0 bridgehead atoms. The second-order valence-corrected chi connectivity index (χ2v) is 5.01. The van der Waals surface area contributed by atoms with Crippen molar-refractivity contribution >= 4 is 17.7 Å². The molecule has 19 heavy (non-hydrogen) atoms. The highest BCUT2D eigenvalue weighted by Crippen LogP contribution is 2.45. The normalized spacial score (nSPS) is 15.1. The van der Waals surface area contributed by atoms with Gasteiger partial charge in [0.2, 0.25) is 0 Å². The molecule has 0 N–H and O–H groups in total. The monoisotopic (exact) mass is 275 g/mol. The fourth-order valence-electron chi connectivity index (χ4n) is 2.09. The van der Waals surface area contributed by atoms with Crippen molar-refractivity contribution in [1.29, 1.82) is 0 Å². The minimum absolute atomic E-state index is 0.486. The summed E-state index contributed by atoms with van der Waals surface area (Å²) in [4.78, 5) is 0. The summed E-state index contributed by atoms with van der Waals surface area (Å²) >= 11 is 6.23. The van der Waals surface area contributed by atoms with Gasteiger partial charge in [0, 0.05) is 17.0 Å². The standard InChI is InChI=1S/C15H14ClNO2/c1-18-9-8-12-14(11-4-2-3-5-13(11)16)17-19-15(12)10-6-7-10/h2-5,8-10H,6-7H2,1H3/b9-8+. The molecule has 0 unspecified atom stereocenters. The maximum atomic E-state index is 6.23. The lowest BCUT2D eigenvalue weighted by Crippen LogP contribution is -1.85. The number of ether oxygens (including phenoxy) is 1. The Labute approximate surface area is 116 Å². The molecule has 0 atom stereocenters. The Bertz CT molecular complexity index is 614. The summed E-state index contributed by atoms with van der Waals surface area (Å²) in [5.74, 6) is 1.42. The topological polar surface area (TPSA) is 35.3 Å². The molecule has 1 aliphatic rings. The summed E-state index contributed by atoms with van der Waals surface area (Å²) in [5, 5.41) is 4.87.